The Bertz CT molecular complexity index is 892. The van der Waals surface area contributed by atoms with Crippen LogP contribution in [0.4, 0.5) is 5.69 Å². The number of nitrogens with one attached hydrogen (secondary N) is 3. The van der Waals surface area contributed by atoms with Gasteiger partial charge in [0.25, 0.3) is 0 Å². The summed E-state index contributed by atoms with van der Waals surface area (Å²) in [5, 5.41) is 5.92. The minimum Gasteiger partial charge on any atom is -0.353 e. The van der Waals surface area contributed by atoms with Crippen LogP contribution >= 0.6 is 0 Å². The Morgan fingerprint density at radius 2 is 1.62 bits per heavy atom. The second-order valence-electron chi connectivity index (χ2n) is 9.66. The predicted molar refractivity (Wildman–Crippen MR) is 125 cm³/mol. The van der Waals surface area contributed by atoms with Crippen LogP contribution in [0.5, 0.6) is 0 Å². The van der Waals surface area contributed by atoms with Gasteiger partial charge in [-0.2, -0.15) is 0 Å². The molecule has 2 saturated carbocycles. The maximum absolute atomic E-state index is 12.8. The average molecular weight is 464 g/mol. The predicted octanol–water partition coefficient (Wildman–Crippen LogP) is 3.67. The summed E-state index contributed by atoms with van der Waals surface area (Å²) in [6, 6.07) is 6.42. The zero-order chi connectivity index (χ0) is 23.3. The first kappa shape index (κ1) is 24.7. The van der Waals surface area contributed by atoms with Gasteiger partial charge in [-0.3, -0.25) is 9.59 Å². The molecule has 0 spiro atoms. The van der Waals surface area contributed by atoms with E-state index in [2.05, 4.69) is 29.2 Å². The Balaban J connectivity index is 1.44. The number of benzene rings is 1. The summed E-state index contributed by atoms with van der Waals surface area (Å²) in [6.07, 6.45) is 6.80. The third-order valence-corrected chi connectivity index (χ3v) is 8.74. The number of sulfonamides is 1. The molecule has 0 unspecified atom stereocenters. The first-order valence-corrected chi connectivity index (χ1v) is 13.3. The highest BCUT2D eigenvalue weighted by atomic mass is 32.2. The van der Waals surface area contributed by atoms with E-state index >= 15 is 0 Å². The van der Waals surface area contributed by atoms with Gasteiger partial charge in [0, 0.05) is 31.1 Å². The van der Waals surface area contributed by atoms with Crippen LogP contribution in [0.1, 0.15) is 65.7 Å². The Morgan fingerprint density at radius 3 is 2.25 bits per heavy atom. The summed E-state index contributed by atoms with van der Waals surface area (Å²) >= 11 is 0. The first-order chi connectivity index (χ1) is 15.2. The molecule has 2 aliphatic carbocycles. The van der Waals surface area contributed by atoms with Crippen molar-refractivity contribution in [3.05, 3.63) is 24.3 Å². The van der Waals surface area contributed by atoms with Crippen LogP contribution in [0.2, 0.25) is 0 Å². The molecule has 1 aromatic rings. The number of hydrogen-bond acceptors (Lipinski definition) is 4. The van der Waals surface area contributed by atoms with Crippen LogP contribution in [-0.2, 0) is 19.6 Å². The summed E-state index contributed by atoms with van der Waals surface area (Å²) < 4.78 is 27.9. The van der Waals surface area contributed by atoms with E-state index in [4.69, 9.17) is 0 Å². The lowest BCUT2D eigenvalue weighted by Gasteiger charge is -2.36. The van der Waals surface area contributed by atoms with Crippen molar-refractivity contribution in [2.45, 2.75) is 76.7 Å². The highest BCUT2D eigenvalue weighted by molar-refractivity contribution is 7.89. The number of amides is 2. The summed E-state index contributed by atoms with van der Waals surface area (Å²) in [5.74, 6) is 1.42. The summed E-state index contributed by atoms with van der Waals surface area (Å²) in [5.41, 5.74) is 0.560. The molecular weight excluding hydrogens is 426 g/mol. The highest BCUT2D eigenvalue weighted by Gasteiger charge is 2.32. The molecule has 3 N–H and O–H groups in total. The van der Waals surface area contributed by atoms with Crippen LogP contribution in [0, 0.1) is 23.7 Å². The molecule has 0 heterocycles. The molecule has 7 nitrogen and oxygen atoms in total. The molecule has 0 bridgehead atoms. The maximum atomic E-state index is 12.8. The van der Waals surface area contributed by atoms with Crippen LogP contribution in [-0.4, -0.2) is 32.8 Å². The van der Waals surface area contributed by atoms with Gasteiger partial charge in [0.15, 0.2) is 0 Å². The largest absolute Gasteiger partial charge is 0.353 e. The van der Waals surface area contributed by atoms with Crippen LogP contribution in [0.25, 0.3) is 0 Å². The SMILES string of the molecule is CC(=O)Nc1ccc(S(=O)(=O)NCC2CCC(C(=O)N[C@@H]3CCC[C@H](C)[C@H]3C)CC2)cc1. The second kappa shape index (κ2) is 10.8. The van der Waals surface area contributed by atoms with E-state index in [1.165, 1.54) is 31.9 Å². The van der Waals surface area contributed by atoms with Gasteiger partial charge in [0.05, 0.1) is 4.90 Å². The zero-order valence-electron chi connectivity index (χ0n) is 19.4. The van der Waals surface area contributed by atoms with Gasteiger partial charge < -0.3 is 10.6 Å². The lowest BCUT2D eigenvalue weighted by molar-refractivity contribution is -0.127. The van der Waals surface area contributed by atoms with E-state index < -0.39 is 10.0 Å². The molecule has 0 aliphatic heterocycles. The molecule has 1 aromatic carbocycles. The van der Waals surface area contributed by atoms with E-state index in [1.54, 1.807) is 12.1 Å². The van der Waals surface area contributed by atoms with Crippen molar-refractivity contribution in [3.63, 3.8) is 0 Å². The van der Waals surface area contributed by atoms with Crippen molar-refractivity contribution in [2.24, 2.45) is 23.7 Å². The van der Waals surface area contributed by atoms with Gasteiger partial charge in [-0.05, 0) is 74.1 Å². The van der Waals surface area contributed by atoms with Crippen molar-refractivity contribution in [1.82, 2.24) is 10.0 Å². The third-order valence-electron chi connectivity index (χ3n) is 7.30. The van der Waals surface area contributed by atoms with Gasteiger partial charge >= 0.3 is 0 Å². The summed E-state index contributed by atoms with van der Waals surface area (Å²) in [7, 11) is -3.61. The van der Waals surface area contributed by atoms with E-state index in [-0.39, 0.29) is 34.6 Å². The summed E-state index contributed by atoms with van der Waals surface area (Å²) in [6.45, 7) is 6.29. The molecule has 0 saturated heterocycles. The molecule has 32 heavy (non-hydrogen) atoms. The molecule has 3 atom stereocenters. The lowest BCUT2D eigenvalue weighted by Crippen LogP contribution is -2.46. The molecular formula is C24H37N3O4S. The molecule has 8 heteroatoms. The normalized spacial score (nSPS) is 28.7. The third kappa shape index (κ3) is 6.54. The zero-order valence-corrected chi connectivity index (χ0v) is 20.2. The van der Waals surface area contributed by atoms with Gasteiger partial charge in [0.2, 0.25) is 21.8 Å². The van der Waals surface area contributed by atoms with Gasteiger partial charge in [0.1, 0.15) is 0 Å². The van der Waals surface area contributed by atoms with E-state index in [1.807, 2.05) is 0 Å². The molecule has 2 aliphatic rings. The minimum absolute atomic E-state index is 0.0358. The van der Waals surface area contributed by atoms with Gasteiger partial charge in [-0.25, -0.2) is 13.1 Å². The fraction of sp³-hybridized carbons (Fsp3) is 0.667. The molecule has 3 rings (SSSR count). The Kier molecular flexibility index (Phi) is 8.33. The number of anilines is 1. The molecule has 178 valence electrons. The van der Waals surface area contributed by atoms with Crippen molar-refractivity contribution in [2.75, 3.05) is 11.9 Å². The average Bonchev–Trinajstić information content (AvgIpc) is 2.76. The van der Waals surface area contributed by atoms with Crippen molar-refractivity contribution in [1.29, 1.82) is 0 Å². The van der Waals surface area contributed by atoms with Crippen LogP contribution in [0.3, 0.4) is 0 Å². The number of carbonyl (C=O) groups excluding carboxylic acids is 2. The molecule has 2 amide bonds. The maximum Gasteiger partial charge on any atom is 0.240 e. The van der Waals surface area contributed by atoms with Crippen molar-refractivity contribution in [3.8, 4) is 0 Å². The number of hydrogen-bond donors (Lipinski definition) is 3. The quantitative estimate of drug-likeness (QED) is 0.574. The topological polar surface area (TPSA) is 104 Å². The minimum atomic E-state index is -3.61. The lowest BCUT2D eigenvalue weighted by atomic mass is 9.77. The first-order valence-electron chi connectivity index (χ1n) is 11.8. The smallest absolute Gasteiger partial charge is 0.240 e. The summed E-state index contributed by atoms with van der Waals surface area (Å²) in [4.78, 5) is 24.0. The van der Waals surface area contributed by atoms with E-state index in [0.29, 0.717) is 24.1 Å². The van der Waals surface area contributed by atoms with Gasteiger partial charge in [-0.1, -0.05) is 26.7 Å². The second-order valence-corrected chi connectivity index (χ2v) is 11.4. The van der Waals surface area contributed by atoms with Gasteiger partial charge in [-0.15, -0.1) is 0 Å². The van der Waals surface area contributed by atoms with Crippen LogP contribution < -0.4 is 15.4 Å². The fourth-order valence-electron chi connectivity index (χ4n) is 4.95. The van der Waals surface area contributed by atoms with Crippen LogP contribution in [0.15, 0.2) is 29.2 Å². The molecule has 0 aromatic heterocycles. The van der Waals surface area contributed by atoms with E-state index in [0.717, 1.165) is 32.1 Å². The Labute approximate surface area is 192 Å². The number of carbonyl (C=O) groups is 2. The Hall–Kier alpha value is -1.93. The van der Waals surface area contributed by atoms with E-state index in [9.17, 15) is 18.0 Å². The fourth-order valence-corrected chi connectivity index (χ4v) is 6.06. The highest BCUT2D eigenvalue weighted by Crippen LogP contribution is 2.32. The Morgan fingerprint density at radius 1 is 0.969 bits per heavy atom. The monoisotopic (exact) mass is 463 g/mol. The van der Waals surface area contributed by atoms with Crippen molar-refractivity contribution < 1.29 is 18.0 Å². The molecule has 2 fully saturated rings. The van der Waals surface area contributed by atoms with Crippen molar-refractivity contribution >= 4 is 27.5 Å². The number of rotatable bonds is 7. The molecule has 0 radical (unpaired) electrons. The standard InChI is InChI=1S/C24H37N3O4S/c1-16-5-4-6-23(17(16)2)27-24(29)20-9-7-19(8-10-20)15-25-32(30,31)22-13-11-21(12-14-22)26-18(3)28/h11-14,16-17,19-20,23,25H,4-10,15H2,1-3H3,(H,26,28)(H,27,29)/t16-,17+,19?,20?,23+/m0/s1.